The molecule has 1 saturated heterocycles. The summed E-state index contributed by atoms with van der Waals surface area (Å²) < 4.78 is 11.1. The molecule has 3 rings (SSSR count). The quantitative estimate of drug-likeness (QED) is 0.699. The van der Waals surface area contributed by atoms with E-state index >= 15 is 0 Å². The lowest BCUT2D eigenvalue weighted by Crippen LogP contribution is -2.66. The minimum Gasteiger partial charge on any atom is -0.462 e. The minimum atomic E-state index is -1.07. The minimum absolute atomic E-state index is 0.277. The van der Waals surface area contributed by atoms with Gasteiger partial charge in [0.1, 0.15) is 12.2 Å². The molecule has 23 heavy (non-hydrogen) atoms. The van der Waals surface area contributed by atoms with Crippen LogP contribution in [0.2, 0.25) is 0 Å². The summed E-state index contributed by atoms with van der Waals surface area (Å²) in [6, 6.07) is 0. The molecule has 0 bridgehead atoms. The van der Waals surface area contributed by atoms with Crippen LogP contribution in [0.3, 0.4) is 0 Å². The number of aliphatic hydroxyl groups is 2. The van der Waals surface area contributed by atoms with Gasteiger partial charge in [0, 0.05) is 24.2 Å². The van der Waals surface area contributed by atoms with Crippen LogP contribution in [0.25, 0.3) is 0 Å². The maximum atomic E-state index is 12.0. The maximum Gasteiger partial charge on any atom is 0.309 e. The molecule has 2 N–H and O–H groups in total. The molecule has 0 amide bonds. The van der Waals surface area contributed by atoms with Gasteiger partial charge in [0.05, 0.1) is 17.6 Å². The van der Waals surface area contributed by atoms with Gasteiger partial charge in [0.15, 0.2) is 0 Å². The first-order valence-electron chi connectivity index (χ1n) is 8.36. The zero-order valence-electron chi connectivity index (χ0n) is 14.1. The van der Waals surface area contributed by atoms with E-state index in [4.69, 9.17) is 9.47 Å². The molecular weight excluding hydrogens is 300 g/mol. The smallest absolute Gasteiger partial charge is 0.309 e. The fourth-order valence-corrected chi connectivity index (χ4v) is 5.31. The highest BCUT2D eigenvalue weighted by Gasteiger charge is 2.66. The summed E-state index contributed by atoms with van der Waals surface area (Å²) in [7, 11) is 0. The molecule has 1 aliphatic heterocycles. The molecule has 0 aromatic carbocycles. The van der Waals surface area contributed by atoms with Crippen molar-refractivity contribution in [3.63, 3.8) is 0 Å². The highest BCUT2D eigenvalue weighted by atomic mass is 16.6. The predicted octanol–water partition coefficient (Wildman–Crippen LogP) is 1.03. The molecule has 1 heterocycles. The van der Waals surface area contributed by atoms with E-state index in [-0.39, 0.29) is 23.9 Å². The van der Waals surface area contributed by atoms with Gasteiger partial charge >= 0.3 is 11.9 Å². The zero-order valence-corrected chi connectivity index (χ0v) is 14.1. The largest absolute Gasteiger partial charge is 0.462 e. The van der Waals surface area contributed by atoms with Gasteiger partial charge in [-0.25, -0.2) is 0 Å². The second kappa shape index (κ2) is 5.18. The first-order valence-corrected chi connectivity index (χ1v) is 8.36. The summed E-state index contributed by atoms with van der Waals surface area (Å²) >= 11 is 0. The van der Waals surface area contributed by atoms with Crippen LogP contribution < -0.4 is 0 Å². The van der Waals surface area contributed by atoms with Crippen molar-refractivity contribution >= 4 is 11.9 Å². The fraction of sp³-hybridized carbons (Fsp3) is 0.882. The van der Waals surface area contributed by atoms with Crippen molar-refractivity contribution in [2.75, 3.05) is 0 Å². The lowest BCUT2D eigenvalue weighted by atomic mass is 9.50. The average Bonchev–Trinajstić information content (AvgIpc) is 2.68. The highest BCUT2D eigenvalue weighted by Crippen LogP contribution is 2.59. The molecule has 3 fully saturated rings. The second-order valence-corrected chi connectivity index (χ2v) is 8.01. The standard InChI is InChI=1S/C17H26O6/c1-8-12-10(23-15(8)20)7-16(3)11(19)5-6-17(4,21)14(16)13(12)22-9(2)18/h8,10-14,19,21H,5-7H2,1-4H3/t8-,10+,11-,12-,13+,14-,16+,17-/m1/s1. The molecule has 2 saturated carbocycles. The Morgan fingerprint density at radius 2 is 2.04 bits per heavy atom. The third-order valence-electron chi connectivity index (χ3n) is 6.36. The number of carbonyl (C=O) groups excluding carboxylic acids is 2. The van der Waals surface area contributed by atoms with E-state index in [0.29, 0.717) is 19.3 Å². The van der Waals surface area contributed by atoms with Crippen molar-refractivity contribution in [1.29, 1.82) is 0 Å². The summed E-state index contributed by atoms with van der Waals surface area (Å²) in [5, 5.41) is 21.6. The van der Waals surface area contributed by atoms with E-state index < -0.39 is 35.1 Å². The number of ether oxygens (including phenoxy) is 2. The Kier molecular flexibility index (Phi) is 3.76. The van der Waals surface area contributed by atoms with E-state index in [2.05, 4.69) is 0 Å². The number of hydrogen-bond donors (Lipinski definition) is 2. The normalized spacial score (nSPS) is 52.3. The molecule has 0 spiro atoms. The summed E-state index contributed by atoms with van der Waals surface area (Å²) in [5.41, 5.74) is -1.72. The van der Waals surface area contributed by atoms with Crippen LogP contribution in [0.4, 0.5) is 0 Å². The molecule has 0 aromatic rings. The van der Waals surface area contributed by atoms with Crippen LogP contribution in [-0.4, -0.2) is 46.1 Å². The number of esters is 2. The van der Waals surface area contributed by atoms with Gasteiger partial charge in [0.2, 0.25) is 0 Å². The van der Waals surface area contributed by atoms with Gasteiger partial charge < -0.3 is 19.7 Å². The van der Waals surface area contributed by atoms with Crippen LogP contribution in [0, 0.1) is 23.2 Å². The first-order chi connectivity index (χ1) is 10.6. The van der Waals surface area contributed by atoms with Crippen molar-refractivity contribution < 1.29 is 29.3 Å². The lowest BCUT2D eigenvalue weighted by molar-refractivity contribution is -0.239. The van der Waals surface area contributed by atoms with E-state index in [9.17, 15) is 19.8 Å². The molecule has 6 heteroatoms. The van der Waals surface area contributed by atoms with Crippen molar-refractivity contribution in [2.45, 2.75) is 70.9 Å². The predicted molar refractivity (Wildman–Crippen MR) is 80.2 cm³/mol. The average molecular weight is 326 g/mol. The Hall–Kier alpha value is -1.14. The van der Waals surface area contributed by atoms with Gasteiger partial charge in [-0.05, 0) is 26.2 Å². The molecule has 0 aromatic heterocycles. The van der Waals surface area contributed by atoms with Gasteiger partial charge in [-0.2, -0.15) is 0 Å². The van der Waals surface area contributed by atoms with Crippen molar-refractivity contribution in [1.82, 2.24) is 0 Å². The molecule has 2 aliphatic carbocycles. The molecular formula is C17H26O6. The SMILES string of the molecule is CC(=O)O[C@H]1[C@H]2[C@H](C[C@@]3(C)[C@H](O)CC[C@@](C)(O)[C@H]13)OC(=O)[C@@H]2C. The molecule has 130 valence electrons. The van der Waals surface area contributed by atoms with E-state index in [1.807, 2.05) is 6.92 Å². The summed E-state index contributed by atoms with van der Waals surface area (Å²) in [4.78, 5) is 23.7. The molecule has 0 unspecified atom stereocenters. The molecule has 0 radical (unpaired) electrons. The summed E-state index contributed by atoms with van der Waals surface area (Å²) in [5.74, 6) is -1.83. The van der Waals surface area contributed by atoms with Gasteiger partial charge in [-0.1, -0.05) is 13.8 Å². The van der Waals surface area contributed by atoms with Crippen molar-refractivity contribution in [3.8, 4) is 0 Å². The van der Waals surface area contributed by atoms with Crippen LogP contribution in [0.5, 0.6) is 0 Å². The van der Waals surface area contributed by atoms with Gasteiger partial charge in [-0.3, -0.25) is 9.59 Å². The summed E-state index contributed by atoms with van der Waals surface area (Å²) in [6.07, 6.45) is -0.246. The number of carbonyl (C=O) groups is 2. The Labute approximate surface area is 136 Å². The molecule has 6 nitrogen and oxygen atoms in total. The number of aliphatic hydroxyl groups excluding tert-OH is 1. The topological polar surface area (TPSA) is 93.1 Å². The van der Waals surface area contributed by atoms with E-state index in [1.54, 1.807) is 13.8 Å². The fourth-order valence-electron chi connectivity index (χ4n) is 5.31. The number of fused-ring (bicyclic) bond motifs is 2. The van der Waals surface area contributed by atoms with E-state index in [1.165, 1.54) is 6.92 Å². The third kappa shape index (κ3) is 2.38. The van der Waals surface area contributed by atoms with Crippen LogP contribution in [-0.2, 0) is 19.1 Å². The van der Waals surface area contributed by atoms with Gasteiger partial charge in [-0.15, -0.1) is 0 Å². The van der Waals surface area contributed by atoms with Gasteiger partial charge in [0.25, 0.3) is 0 Å². The zero-order chi connectivity index (χ0) is 17.2. The number of rotatable bonds is 1. The monoisotopic (exact) mass is 326 g/mol. The molecule has 3 aliphatic rings. The Morgan fingerprint density at radius 3 is 2.65 bits per heavy atom. The first kappa shape index (κ1) is 16.7. The van der Waals surface area contributed by atoms with Crippen molar-refractivity contribution in [3.05, 3.63) is 0 Å². The maximum absolute atomic E-state index is 12.0. The molecule has 8 atom stereocenters. The lowest BCUT2D eigenvalue weighted by Gasteiger charge is -2.59. The Bertz CT molecular complexity index is 529. The number of hydrogen-bond acceptors (Lipinski definition) is 6. The van der Waals surface area contributed by atoms with Crippen LogP contribution in [0.1, 0.15) is 47.0 Å². The van der Waals surface area contributed by atoms with Crippen LogP contribution >= 0.6 is 0 Å². The van der Waals surface area contributed by atoms with E-state index in [0.717, 1.165) is 0 Å². The van der Waals surface area contributed by atoms with Crippen LogP contribution in [0.15, 0.2) is 0 Å². The summed E-state index contributed by atoms with van der Waals surface area (Å²) in [6.45, 7) is 6.75. The third-order valence-corrected chi connectivity index (χ3v) is 6.36. The second-order valence-electron chi connectivity index (χ2n) is 8.01. The highest BCUT2D eigenvalue weighted by molar-refractivity contribution is 5.75. The Morgan fingerprint density at radius 1 is 1.39 bits per heavy atom. The van der Waals surface area contributed by atoms with Crippen molar-refractivity contribution in [2.24, 2.45) is 23.2 Å². The Balaban J connectivity index is 2.08.